The van der Waals surface area contributed by atoms with Crippen molar-refractivity contribution in [2.45, 2.75) is 18.9 Å². The third-order valence-corrected chi connectivity index (χ3v) is 5.69. The zero-order valence-corrected chi connectivity index (χ0v) is 18.8. The Kier molecular flexibility index (Phi) is 7.94. The third-order valence-electron chi connectivity index (χ3n) is 5.69. The van der Waals surface area contributed by atoms with Crippen molar-refractivity contribution in [3.05, 3.63) is 48.2 Å². The topological polar surface area (TPSA) is 93.0 Å². The molecular formula is C23H35N7O. The standard InChI is InChI=1S/C23H35N7O/c1-25-23(20-11-12-26-22(20)24)29-13-7-10-19(17-29)30(15-14-28(2)3)21(31)16-27-18-8-5-4-6-9-18/h4-6,8-9,11-12,19,26-27H,7,10,13-17,24H2,1-3H3. The number of rotatable bonds is 8. The molecule has 1 saturated heterocycles. The number of piperidine rings is 1. The van der Waals surface area contributed by atoms with Gasteiger partial charge in [-0.1, -0.05) is 18.2 Å². The highest BCUT2D eigenvalue weighted by molar-refractivity contribution is 6.02. The number of likely N-dealkylation sites (N-methyl/N-ethyl adjacent to an activating group) is 1. The Balaban J connectivity index is 1.71. The largest absolute Gasteiger partial charge is 0.385 e. The van der Waals surface area contributed by atoms with Crippen molar-refractivity contribution < 1.29 is 4.79 Å². The number of nitrogens with zero attached hydrogens (tertiary/aromatic N) is 4. The molecule has 8 nitrogen and oxygen atoms in total. The fourth-order valence-corrected chi connectivity index (χ4v) is 4.06. The molecule has 1 aliphatic rings. The Morgan fingerprint density at radius 3 is 2.68 bits per heavy atom. The van der Waals surface area contributed by atoms with Crippen molar-refractivity contribution in [1.82, 2.24) is 19.7 Å². The predicted octanol–water partition coefficient (Wildman–Crippen LogP) is 1.94. The predicted molar refractivity (Wildman–Crippen MR) is 127 cm³/mol. The van der Waals surface area contributed by atoms with E-state index in [1.807, 2.05) is 61.6 Å². The molecule has 3 rings (SSSR count). The molecule has 1 unspecified atom stereocenters. The number of para-hydroxylation sites is 1. The van der Waals surface area contributed by atoms with Crippen LogP contribution in [0.25, 0.3) is 0 Å². The van der Waals surface area contributed by atoms with Gasteiger partial charge < -0.3 is 30.7 Å². The minimum absolute atomic E-state index is 0.119. The number of nitrogen functional groups attached to an aromatic ring is 1. The van der Waals surface area contributed by atoms with Gasteiger partial charge in [0, 0.05) is 51.2 Å². The van der Waals surface area contributed by atoms with E-state index in [2.05, 4.69) is 25.1 Å². The van der Waals surface area contributed by atoms with Gasteiger partial charge in [-0.15, -0.1) is 0 Å². The number of hydrogen-bond donors (Lipinski definition) is 3. The molecule has 0 bridgehead atoms. The summed E-state index contributed by atoms with van der Waals surface area (Å²) in [6.45, 7) is 3.47. The van der Waals surface area contributed by atoms with E-state index in [0.29, 0.717) is 12.4 Å². The molecule has 0 saturated carbocycles. The number of amidine groups is 1. The van der Waals surface area contributed by atoms with Crippen molar-refractivity contribution >= 4 is 23.2 Å². The van der Waals surface area contributed by atoms with Crippen LogP contribution in [-0.4, -0.2) is 91.3 Å². The molecule has 2 heterocycles. The fourth-order valence-electron chi connectivity index (χ4n) is 4.06. The lowest BCUT2D eigenvalue weighted by atomic mass is 10.0. The van der Waals surface area contributed by atoms with Gasteiger partial charge in [0.1, 0.15) is 11.7 Å². The van der Waals surface area contributed by atoms with Gasteiger partial charge >= 0.3 is 0 Å². The number of anilines is 2. The highest BCUT2D eigenvalue weighted by Crippen LogP contribution is 2.21. The van der Waals surface area contributed by atoms with Gasteiger partial charge in [0.15, 0.2) is 0 Å². The zero-order valence-electron chi connectivity index (χ0n) is 18.8. The van der Waals surface area contributed by atoms with Gasteiger partial charge in [0.05, 0.1) is 12.1 Å². The van der Waals surface area contributed by atoms with Crippen LogP contribution in [0.3, 0.4) is 0 Å². The summed E-state index contributed by atoms with van der Waals surface area (Å²) in [7, 11) is 5.87. The summed E-state index contributed by atoms with van der Waals surface area (Å²) >= 11 is 0. The highest BCUT2D eigenvalue weighted by Gasteiger charge is 2.30. The second kappa shape index (κ2) is 10.9. The van der Waals surface area contributed by atoms with Crippen LogP contribution < -0.4 is 11.1 Å². The normalized spacial score (nSPS) is 17.1. The van der Waals surface area contributed by atoms with Crippen LogP contribution in [0.5, 0.6) is 0 Å². The van der Waals surface area contributed by atoms with Crippen molar-refractivity contribution in [3.63, 3.8) is 0 Å². The minimum atomic E-state index is 0.119. The Hall–Kier alpha value is -3.00. The van der Waals surface area contributed by atoms with E-state index in [1.165, 1.54) is 0 Å². The number of benzene rings is 1. The smallest absolute Gasteiger partial charge is 0.242 e. The number of nitrogens with one attached hydrogen (secondary N) is 2. The van der Waals surface area contributed by atoms with Crippen molar-refractivity contribution in [1.29, 1.82) is 0 Å². The van der Waals surface area contributed by atoms with Gasteiger partial charge in [0.2, 0.25) is 5.91 Å². The number of amides is 1. The van der Waals surface area contributed by atoms with E-state index in [0.717, 1.165) is 49.6 Å². The number of carbonyl (C=O) groups excluding carboxylic acids is 1. The SMILES string of the molecule is CN=C(c1cc[nH]c1N)N1CCCC(N(CCN(C)C)C(=O)CNc2ccccc2)C1. The number of likely N-dealkylation sites (tertiary alicyclic amines) is 1. The number of aliphatic imine (C=N–C) groups is 1. The Morgan fingerprint density at radius 1 is 1.26 bits per heavy atom. The maximum Gasteiger partial charge on any atom is 0.242 e. The minimum Gasteiger partial charge on any atom is -0.385 e. The number of aromatic amines is 1. The monoisotopic (exact) mass is 425 g/mol. The van der Waals surface area contributed by atoms with E-state index in [9.17, 15) is 4.79 Å². The molecule has 1 aliphatic heterocycles. The molecule has 1 aromatic carbocycles. The molecular weight excluding hydrogens is 390 g/mol. The first-order chi connectivity index (χ1) is 15.0. The molecule has 1 atom stereocenters. The number of carbonyl (C=O) groups is 1. The zero-order chi connectivity index (χ0) is 22.2. The summed E-state index contributed by atoms with van der Waals surface area (Å²) in [5, 5.41) is 3.26. The summed E-state index contributed by atoms with van der Waals surface area (Å²) in [6.07, 6.45) is 3.83. The highest BCUT2D eigenvalue weighted by atomic mass is 16.2. The summed E-state index contributed by atoms with van der Waals surface area (Å²) in [5.41, 5.74) is 7.97. The van der Waals surface area contributed by atoms with Gasteiger partial charge in [-0.05, 0) is 45.1 Å². The second-order valence-corrected chi connectivity index (χ2v) is 8.20. The van der Waals surface area contributed by atoms with Gasteiger partial charge in [-0.3, -0.25) is 9.79 Å². The number of aromatic nitrogens is 1. The van der Waals surface area contributed by atoms with Crippen LogP contribution in [0.2, 0.25) is 0 Å². The van der Waals surface area contributed by atoms with Crippen LogP contribution in [0.15, 0.2) is 47.6 Å². The first-order valence-corrected chi connectivity index (χ1v) is 10.9. The Bertz CT molecular complexity index is 862. The molecule has 1 fully saturated rings. The molecule has 31 heavy (non-hydrogen) atoms. The summed E-state index contributed by atoms with van der Waals surface area (Å²) < 4.78 is 0. The van der Waals surface area contributed by atoms with E-state index in [4.69, 9.17) is 5.73 Å². The molecule has 8 heteroatoms. The molecule has 1 aromatic heterocycles. The second-order valence-electron chi connectivity index (χ2n) is 8.20. The summed E-state index contributed by atoms with van der Waals surface area (Å²) in [5.74, 6) is 1.62. The molecule has 0 radical (unpaired) electrons. The van der Waals surface area contributed by atoms with E-state index in [1.54, 1.807) is 7.05 Å². The molecule has 1 amide bonds. The average Bonchev–Trinajstić information content (AvgIpc) is 3.19. The van der Waals surface area contributed by atoms with Crippen LogP contribution in [-0.2, 0) is 4.79 Å². The molecule has 2 aromatic rings. The van der Waals surface area contributed by atoms with Crippen LogP contribution in [0.4, 0.5) is 11.5 Å². The third kappa shape index (κ3) is 6.01. The van der Waals surface area contributed by atoms with Crippen LogP contribution in [0, 0.1) is 0 Å². The van der Waals surface area contributed by atoms with E-state index < -0.39 is 0 Å². The number of hydrogen-bond acceptors (Lipinski definition) is 5. The van der Waals surface area contributed by atoms with E-state index >= 15 is 0 Å². The van der Waals surface area contributed by atoms with Gasteiger partial charge in [-0.25, -0.2) is 0 Å². The summed E-state index contributed by atoms with van der Waals surface area (Å²) in [6, 6.07) is 11.9. The Labute approximate surface area is 185 Å². The summed E-state index contributed by atoms with van der Waals surface area (Å²) in [4.78, 5) is 27.2. The molecule has 0 aliphatic carbocycles. The lowest BCUT2D eigenvalue weighted by Gasteiger charge is -2.41. The van der Waals surface area contributed by atoms with Crippen molar-refractivity contribution in [2.75, 3.05) is 64.9 Å². The maximum atomic E-state index is 13.2. The maximum absolute atomic E-state index is 13.2. The van der Waals surface area contributed by atoms with E-state index in [-0.39, 0.29) is 18.5 Å². The quantitative estimate of drug-likeness (QED) is 0.444. The van der Waals surface area contributed by atoms with Crippen LogP contribution in [0.1, 0.15) is 18.4 Å². The Morgan fingerprint density at radius 2 is 2.03 bits per heavy atom. The lowest BCUT2D eigenvalue weighted by Crippen LogP contribution is -2.54. The first kappa shape index (κ1) is 22.7. The average molecular weight is 426 g/mol. The fraction of sp³-hybridized carbons (Fsp3) is 0.478. The van der Waals surface area contributed by atoms with Gasteiger partial charge in [-0.2, -0.15) is 0 Å². The lowest BCUT2D eigenvalue weighted by molar-refractivity contribution is -0.132. The van der Waals surface area contributed by atoms with Crippen molar-refractivity contribution in [2.24, 2.45) is 4.99 Å². The molecule has 0 spiro atoms. The molecule has 4 N–H and O–H groups in total. The van der Waals surface area contributed by atoms with Crippen molar-refractivity contribution in [3.8, 4) is 0 Å². The molecule has 168 valence electrons. The van der Waals surface area contributed by atoms with Gasteiger partial charge in [0.25, 0.3) is 0 Å². The first-order valence-electron chi connectivity index (χ1n) is 10.9. The number of nitrogens with two attached hydrogens (primary N) is 1. The number of H-pyrrole nitrogens is 1. The van der Waals surface area contributed by atoms with Crippen LogP contribution >= 0.6 is 0 Å².